The lowest BCUT2D eigenvalue weighted by Gasteiger charge is -2.21. The van der Waals surface area contributed by atoms with Gasteiger partial charge in [-0.25, -0.2) is 4.39 Å². The van der Waals surface area contributed by atoms with E-state index in [2.05, 4.69) is 27.7 Å². The highest BCUT2D eigenvalue weighted by Gasteiger charge is 2.18. The molecule has 1 aromatic carbocycles. The van der Waals surface area contributed by atoms with Crippen molar-refractivity contribution in [3.63, 3.8) is 0 Å². The van der Waals surface area contributed by atoms with Crippen LogP contribution in [0.5, 0.6) is 0 Å². The zero-order chi connectivity index (χ0) is 13.1. The van der Waals surface area contributed by atoms with Gasteiger partial charge < -0.3 is 5.73 Å². The summed E-state index contributed by atoms with van der Waals surface area (Å²) in [5.74, 6) is -0.134. The predicted octanol–water partition coefficient (Wildman–Crippen LogP) is 4.00. The molecule has 2 N–H and O–H groups in total. The van der Waals surface area contributed by atoms with Crippen molar-refractivity contribution in [3.8, 4) is 0 Å². The molecule has 1 nitrogen and oxygen atoms in total. The minimum Gasteiger partial charge on any atom is -0.327 e. The smallest absolute Gasteiger partial charge is 0.137 e. The fourth-order valence-corrected chi connectivity index (χ4v) is 2.62. The molecule has 0 heterocycles. The number of thioether (sulfide) groups is 1. The topological polar surface area (TPSA) is 26.0 Å². The number of hydrogen-bond acceptors (Lipinski definition) is 2. The summed E-state index contributed by atoms with van der Waals surface area (Å²) in [6.07, 6.45) is 1.66. The summed E-state index contributed by atoms with van der Waals surface area (Å²) in [5.41, 5.74) is 6.98. The average Bonchev–Trinajstić information content (AvgIpc) is 2.21. The van der Waals surface area contributed by atoms with Crippen LogP contribution >= 0.6 is 11.8 Å². The summed E-state index contributed by atoms with van der Waals surface area (Å²) in [6, 6.07) is 5.37. The lowest BCUT2D eigenvalue weighted by molar-refractivity contribution is 0.583. The van der Waals surface area contributed by atoms with E-state index in [0.29, 0.717) is 0 Å². The van der Waals surface area contributed by atoms with Gasteiger partial charge in [0.2, 0.25) is 0 Å². The van der Waals surface area contributed by atoms with Crippen molar-refractivity contribution in [1.82, 2.24) is 0 Å². The van der Waals surface area contributed by atoms with Crippen molar-refractivity contribution in [3.05, 3.63) is 29.6 Å². The molecule has 1 rings (SSSR count). The molecule has 3 heteroatoms. The average molecular weight is 255 g/mol. The molecule has 0 saturated heterocycles. The maximum absolute atomic E-state index is 13.9. The van der Waals surface area contributed by atoms with Gasteiger partial charge in [-0.15, -0.1) is 11.8 Å². The Morgan fingerprint density at radius 1 is 1.35 bits per heavy atom. The summed E-state index contributed by atoms with van der Waals surface area (Å²) >= 11 is 1.58. The molecule has 1 aromatic rings. The SMILES string of the molecule is CCC(N)Cc1cccc(F)c1SC(C)(C)C. The van der Waals surface area contributed by atoms with E-state index in [4.69, 9.17) is 5.73 Å². The van der Waals surface area contributed by atoms with Gasteiger partial charge in [0, 0.05) is 15.7 Å². The van der Waals surface area contributed by atoms with E-state index in [-0.39, 0.29) is 16.6 Å². The third kappa shape index (κ3) is 4.68. The molecule has 0 aliphatic rings. The molecule has 0 aliphatic carbocycles. The zero-order valence-electron chi connectivity index (χ0n) is 11.1. The Morgan fingerprint density at radius 3 is 2.53 bits per heavy atom. The summed E-state index contributed by atoms with van der Waals surface area (Å²) in [5, 5.41) is 0. The Hall–Kier alpha value is -0.540. The molecule has 0 radical (unpaired) electrons. The monoisotopic (exact) mass is 255 g/mol. The van der Waals surface area contributed by atoms with Crippen LogP contribution in [-0.4, -0.2) is 10.8 Å². The maximum atomic E-state index is 13.9. The number of benzene rings is 1. The van der Waals surface area contributed by atoms with Gasteiger partial charge in [0.1, 0.15) is 5.82 Å². The minimum absolute atomic E-state index is 0.00720. The number of halogens is 1. The lowest BCUT2D eigenvalue weighted by Crippen LogP contribution is -2.22. The summed E-state index contributed by atoms with van der Waals surface area (Å²) in [6.45, 7) is 8.33. The highest BCUT2D eigenvalue weighted by molar-refractivity contribution is 8.00. The molecular formula is C14H22FNS. The molecule has 1 atom stereocenters. The molecule has 0 amide bonds. The maximum Gasteiger partial charge on any atom is 0.137 e. The van der Waals surface area contributed by atoms with Gasteiger partial charge in [0.15, 0.2) is 0 Å². The zero-order valence-corrected chi connectivity index (χ0v) is 11.9. The fourth-order valence-electron chi connectivity index (χ4n) is 1.56. The quantitative estimate of drug-likeness (QED) is 0.823. The highest BCUT2D eigenvalue weighted by Crippen LogP contribution is 2.36. The third-order valence-corrected chi connectivity index (χ3v) is 3.74. The summed E-state index contributed by atoms with van der Waals surface area (Å²) in [4.78, 5) is 0.754. The molecule has 0 spiro atoms. The van der Waals surface area contributed by atoms with Crippen LogP contribution in [0.1, 0.15) is 39.7 Å². The van der Waals surface area contributed by atoms with Crippen LogP contribution in [0.15, 0.2) is 23.1 Å². The molecule has 0 bridgehead atoms. The lowest BCUT2D eigenvalue weighted by atomic mass is 10.0. The largest absolute Gasteiger partial charge is 0.327 e. The third-order valence-electron chi connectivity index (χ3n) is 2.46. The van der Waals surface area contributed by atoms with E-state index < -0.39 is 0 Å². The molecule has 0 aliphatic heterocycles. The Labute approximate surface area is 108 Å². The van der Waals surface area contributed by atoms with Crippen LogP contribution < -0.4 is 5.73 Å². The van der Waals surface area contributed by atoms with E-state index in [1.54, 1.807) is 17.8 Å². The van der Waals surface area contributed by atoms with Gasteiger partial charge >= 0.3 is 0 Å². The first-order chi connectivity index (χ1) is 7.83. The van der Waals surface area contributed by atoms with Gasteiger partial charge in [-0.3, -0.25) is 0 Å². The second-order valence-electron chi connectivity index (χ2n) is 5.31. The Kier molecular flexibility index (Phi) is 5.02. The summed E-state index contributed by atoms with van der Waals surface area (Å²) in [7, 11) is 0. The number of hydrogen-bond donors (Lipinski definition) is 1. The first kappa shape index (κ1) is 14.5. The van der Waals surface area contributed by atoms with Crippen LogP contribution in [0.4, 0.5) is 4.39 Å². The Balaban J connectivity index is 3.00. The van der Waals surface area contributed by atoms with Gasteiger partial charge in [-0.1, -0.05) is 39.8 Å². The van der Waals surface area contributed by atoms with Gasteiger partial charge in [-0.05, 0) is 24.5 Å². The molecule has 96 valence electrons. The molecule has 0 aromatic heterocycles. The Bertz CT molecular complexity index is 371. The van der Waals surface area contributed by atoms with Gasteiger partial charge in [0.25, 0.3) is 0 Å². The number of rotatable bonds is 4. The second-order valence-corrected chi connectivity index (χ2v) is 7.15. The van der Waals surface area contributed by atoms with Crippen LogP contribution in [0.2, 0.25) is 0 Å². The van der Waals surface area contributed by atoms with Crippen LogP contribution in [-0.2, 0) is 6.42 Å². The van der Waals surface area contributed by atoms with Crippen LogP contribution in [0.3, 0.4) is 0 Å². The molecule has 0 fully saturated rings. The van der Waals surface area contributed by atoms with Crippen LogP contribution in [0, 0.1) is 5.82 Å². The van der Waals surface area contributed by atoms with Crippen molar-refractivity contribution < 1.29 is 4.39 Å². The number of nitrogens with two attached hydrogens (primary N) is 1. The van der Waals surface area contributed by atoms with Crippen molar-refractivity contribution in [2.75, 3.05) is 0 Å². The molecular weight excluding hydrogens is 233 g/mol. The van der Waals surface area contributed by atoms with Crippen molar-refractivity contribution in [1.29, 1.82) is 0 Å². The first-order valence-corrected chi connectivity index (χ1v) is 6.87. The highest BCUT2D eigenvalue weighted by atomic mass is 32.2. The second kappa shape index (κ2) is 5.87. The molecule has 1 unspecified atom stereocenters. The van der Waals surface area contributed by atoms with E-state index >= 15 is 0 Å². The minimum atomic E-state index is -0.134. The van der Waals surface area contributed by atoms with Gasteiger partial charge in [0.05, 0.1) is 0 Å². The van der Waals surface area contributed by atoms with E-state index in [1.807, 2.05) is 6.07 Å². The predicted molar refractivity (Wildman–Crippen MR) is 74.0 cm³/mol. The van der Waals surface area contributed by atoms with Gasteiger partial charge in [-0.2, -0.15) is 0 Å². The molecule has 0 saturated carbocycles. The summed E-state index contributed by atoms with van der Waals surface area (Å²) < 4.78 is 13.9. The molecule has 17 heavy (non-hydrogen) atoms. The first-order valence-electron chi connectivity index (χ1n) is 6.05. The van der Waals surface area contributed by atoms with Crippen LogP contribution in [0.25, 0.3) is 0 Å². The van der Waals surface area contributed by atoms with Crippen molar-refractivity contribution in [2.45, 2.75) is 56.2 Å². The van der Waals surface area contributed by atoms with Crippen molar-refractivity contribution >= 4 is 11.8 Å². The van der Waals surface area contributed by atoms with E-state index in [9.17, 15) is 4.39 Å². The standard InChI is InChI=1S/C14H22FNS/c1-5-11(16)9-10-7-6-8-12(15)13(10)17-14(2,3)4/h6-8,11H,5,9,16H2,1-4H3. The fraction of sp³-hybridized carbons (Fsp3) is 0.571. The van der Waals surface area contributed by atoms with E-state index in [0.717, 1.165) is 23.3 Å². The Morgan fingerprint density at radius 2 is 2.00 bits per heavy atom. The normalized spacial score (nSPS) is 13.8. The van der Waals surface area contributed by atoms with Crippen molar-refractivity contribution in [2.24, 2.45) is 5.73 Å². The van der Waals surface area contributed by atoms with E-state index in [1.165, 1.54) is 6.07 Å².